The summed E-state index contributed by atoms with van der Waals surface area (Å²) < 4.78 is 28.8. The standard InChI is InChI=1S/C16H25N3O3S.HI/c1-12-8-13(2)10-14(9-12)19-15(17)18-11-16(23(3,20)21)4-6-22-7-5-16;/h8-10H,4-7,11H2,1-3H3,(H3,17,18,19);1H. The molecule has 6 nitrogen and oxygen atoms in total. The van der Waals surface area contributed by atoms with Crippen molar-refractivity contribution < 1.29 is 13.2 Å². The van der Waals surface area contributed by atoms with Gasteiger partial charge in [-0.3, -0.25) is 4.99 Å². The second kappa shape index (κ2) is 8.48. The van der Waals surface area contributed by atoms with Gasteiger partial charge in [0.1, 0.15) is 0 Å². The first-order valence-electron chi connectivity index (χ1n) is 7.64. The van der Waals surface area contributed by atoms with E-state index in [2.05, 4.69) is 16.4 Å². The predicted octanol–water partition coefficient (Wildman–Crippen LogP) is 2.24. The highest BCUT2D eigenvalue weighted by atomic mass is 127. The highest BCUT2D eigenvalue weighted by Gasteiger charge is 2.42. The number of hydrogen-bond acceptors (Lipinski definition) is 4. The largest absolute Gasteiger partial charge is 0.381 e. The lowest BCUT2D eigenvalue weighted by molar-refractivity contribution is 0.0768. The Hall–Kier alpha value is -0.870. The van der Waals surface area contributed by atoms with Gasteiger partial charge in [-0.25, -0.2) is 8.42 Å². The van der Waals surface area contributed by atoms with Crippen molar-refractivity contribution in [3.05, 3.63) is 29.3 Å². The first kappa shape index (κ1) is 21.2. The van der Waals surface area contributed by atoms with E-state index in [0.29, 0.717) is 26.1 Å². The first-order valence-corrected chi connectivity index (χ1v) is 9.54. The van der Waals surface area contributed by atoms with Gasteiger partial charge in [0.25, 0.3) is 0 Å². The topological polar surface area (TPSA) is 93.8 Å². The molecule has 0 atom stereocenters. The van der Waals surface area contributed by atoms with Crippen LogP contribution in [0.1, 0.15) is 24.0 Å². The summed E-state index contributed by atoms with van der Waals surface area (Å²) in [5.41, 5.74) is 9.03. The van der Waals surface area contributed by atoms with Crippen molar-refractivity contribution in [2.75, 3.05) is 31.3 Å². The van der Waals surface area contributed by atoms with Crippen LogP contribution < -0.4 is 11.1 Å². The van der Waals surface area contributed by atoms with Gasteiger partial charge in [0.05, 0.1) is 11.3 Å². The summed E-state index contributed by atoms with van der Waals surface area (Å²) in [5, 5.41) is 3.03. The third-order valence-electron chi connectivity index (χ3n) is 4.22. The Morgan fingerprint density at radius 1 is 1.25 bits per heavy atom. The van der Waals surface area contributed by atoms with E-state index < -0.39 is 14.6 Å². The Morgan fingerprint density at radius 2 is 1.79 bits per heavy atom. The van der Waals surface area contributed by atoms with Crippen molar-refractivity contribution in [3.63, 3.8) is 0 Å². The summed E-state index contributed by atoms with van der Waals surface area (Å²) in [6.07, 6.45) is 2.17. The van der Waals surface area contributed by atoms with Crippen LogP contribution in [0.5, 0.6) is 0 Å². The molecule has 3 N–H and O–H groups in total. The van der Waals surface area contributed by atoms with Crippen LogP contribution in [0.15, 0.2) is 23.2 Å². The van der Waals surface area contributed by atoms with Gasteiger partial charge in [-0.05, 0) is 49.9 Å². The molecule has 1 aromatic carbocycles. The van der Waals surface area contributed by atoms with E-state index in [1.807, 2.05) is 26.0 Å². The molecule has 0 saturated carbocycles. The van der Waals surface area contributed by atoms with E-state index in [9.17, 15) is 8.42 Å². The summed E-state index contributed by atoms with van der Waals surface area (Å²) in [6, 6.07) is 6.01. The van der Waals surface area contributed by atoms with Crippen LogP contribution in [-0.2, 0) is 14.6 Å². The van der Waals surface area contributed by atoms with Crippen molar-refractivity contribution in [2.45, 2.75) is 31.4 Å². The number of ether oxygens (including phenoxy) is 1. The Kier molecular flexibility index (Phi) is 7.48. The van der Waals surface area contributed by atoms with Crippen molar-refractivity contribution in [1.82, 2.24) is 0 Å². The minimum absolute atomic E-state index is 0. The number of nitrogens with one attached hydrogen (secondary N) is 1. The third-order valence-corrected chi connectivity index (χ3v) is 6.33. The molecule has 8 heteroatoms. The molecule has 0 amide bonds. The van der Waals surface area contributed by atoms with Crippen LogP contribution in [0.4, 0.5) is 5.69 Å². The molecule has 0 aliphatic carbocycles. The zero-order valence-corrected chi connectivity index (χ0v) is 17.5. The maximum Gasteiger partial charge on any atom is 0.193 e. The summed E-state index contributed by atoms with van der Waals surface area (Å²) in [7, 11) is -3.24. The van der Waals surface area contributed by atoms with Crippen LogP contribution >= 0.6 is 24.0 Å². The van der Waals surface area contributed by atoms with Crippen molar-refractivity contribution in [3.8, 4) is 0 Å². The normalized spacial score (nSPS) is 17.9. The van der Waals surface area contributed by atoms with Crippen LogP contribution in [0.2, 0.25) is 0 Å². The van der Waals surface area contributed by atoms with E-state index in [1.165, 1.54) is 6.26 Å². The fourth-order valence-corrected chi connectivity index (χ4v) is 4.06. The number of halogens is 1. The maximum atomic E-state index is 12.2. The lowest BCUT2D eigenvalue weighted by atomic mass is 9.99. The Morgan fingerprint density at radius 3 is 2.29 bits per heavy atom. The molecule has 0 aromatic heterocycles. The smallest absolute Gasteiger partial charge is 0.193 e. The third kappa shape index (κ3) is 5.32. The van der Waals surface area contributed by atoms with Gasteiger partial charge in [0, 0.05) is 25.2 Å². The van der Waals surface area contributed by atoms with Crippen LogP contribution in [0.3, 0.4) is 0 Å². The number of benzene rings is 1. The second-order valence-corrected chi connectivity index (χ2v) is 8.68. The van der Waals surface area contributed by atoms with Crippen molar-refractivity contribution >= 4 is 45.5 Å². The highest BCUT2D eigenvalue weighted by molar-refractivity contribution is 14.0. The monoisotopic (exact) mass is 467 g/mol. The minimum atomic E-state index is -3.24. The van der Waals surface area contributed by atoms with E-state index >= 15 is 0 Å². The number of sulfone groups is 1. The van der Waals surface area contributed by atoms with E-state index in [4.69, 9.17) is 10.5 Å². The van der Waals surface area contributed by atoms with Crippen molar-refractivity contribution in [1.29, 1.82) is 0 Å². The number of nitrogens with zero attached hydrogens (tertiary/aromatic N) is 1. The molecule has 0 bridgehead atoms. The van der Waals surface area contributed by atoms with E-state index in [0.717, 1.165) is 16.8 Å². The molecule has 24 heavy (non-hydrogen) atoms. The van der Waals surface area contributed by atoms with Gasteiger partial charge in [0.2, 0.25) is 0 Å². The molecule has 0 unspecified atom stereocenters. The summed E-state index contributed by atoms with van der Waals surface area (Å²) >= 11 is 0. The number of nitrogens with two attached hydrogens (primary N) is 1. The van der Waals surface area contributed by atoms with E-state index in [-0.39, 0.29) is 36.5 Å². The Bertz CT molecular complexity index is 678. The fraction of sp³-hybridized carbons (Fsp3) is 0.562. The number of guanidine groups is 1. The SMILES string of the molecule is Cc1cc(C)cc(NC(N)=NCC2(S(C)(=O)=O)CCOCC2)c1.I. The van der Waals surface area contributed by atoms with Gasteiger partial charge < -0.3 is 15.8 Å². The van der Waals surface area contributed by atoms with Crippen LogP contribution in [0.25, 0.3) is 0 Å². The average molecular weight is 467 g/mol. The van der Waals surface area contributed by atoms with Crippen LogP contribution in [0, 0.1) is 13.8 Å². The van der Waals surface area contributed by atoms with Gasteiger partial charge in [0.15, 0.2) is 15.8 Å². The molecule has 1 aromatic rings. The average Bonchev–Trinajstić information content (AvgIpc) is 2.44. The van der Waals surface area contributed by atoms with Gasteiger partial charge >= 0.3 is 0 Å². The fourth-order valence-electron chi connectivity index (χ4n) is 2.85. The molecule has 1 aliphatic heterocycles. The minimum Gasteiger partial charge on any atom is -0.381 e. The quantitative estimate of drug-likeness (QED) is 0.403. The molecule has 136 valence electrons. The summed E-state index contributed by atoms with van der Waals surface area (Å²) in [6.45, 7) is 5.04. The van der Waals surface area contributed by atoms with Gasteiger partial charge in [-0.1, -0.05) is 6.07 Å². The first-order chi connectivity index (χ1) is 10.7. The van der Waals surface area contributed by atoms with Crippen molar-refractivity contribution in [2.24, 2.45) is 10.7 Å². The molecule has 0 radical (unpaired) electrons. The molecular formula is C16H26IN3O3S. The summed E-state index contributed by atoms with van der Waals surface area (Å²) in [5.74, 6) is 0.226. The van der Waals surface area contributed by atoms with E-state index in [1.54, 1.807) is 0 Å². The zero-order chi connectivity index (χ0) is 17.1. The molecule has 0 spiro atoms. The number of anilines is 1. The Balaban J connectivity index is 0.00000288. The highest BCUT2D eigenvalue weighted by Crippen LogP contribution is 2.29. The zero-order valence-electron chi connectivity index (χ0n) is 14.3. The summed E-state index contributed by atoms with van der Waals surface area (Å²) in [4.78, 5) is 4.29. The Labute approximate surface area is 161 Å². The second-order valence-electron chi connectivity index (χ2n) is 6.27. The number of aliphatic imine (C=N–C) groups is 1. The van der Waals surface area contributed by atoms with Crippen LogP contribution in [-0.4, -0.2) is 45.1 Å². The maximum absolute atomic E-state index is 12.2. The lowest BCUT2D eigenvalue weighted by Gasteiger charge is -2.34. The van der Waals surface area contributed by atoms with Gasteiger partial charge in [-0.15, -0.1) is 24.0 Å². The van der Waals surface area contributed by atoms with Gasteiger partial charge in [-0.2, -0.15) is 0 Å². The molecule has 1 fully saturated rings. The molecule has 2 rings (SSSR count). The molecule has 1 heterocycles. The number of rotatable bonds is 4. The molecular weight excluding hydrogens is 441 g/mol. The predicted molar refractivity (Wildman–Crippen MR) is 109 cm³/mol. The number of aryl methyl sites for hydroxylation is 2. The number of hydrogen-bond donors (Lipinski definition) is 2. The lowest BCUT2D eigenvalue weighted by Crippen LogP contribution is -2.46. The molecule has 1 saturated heterocycles. The molecule has 1 aliphatic rings.